The van der Waals surface area contributed by atoms with E-state index in [9.17, 15) is 9.59 Å². The van der Waals surface area contributed by atoms with Crippen molar-refractivity contribution in [2.75, 3.05) is 0 Å². The Hall–Kier alpha value is -1.12. The number of carbonyl (C=O) groups excluding carboxylic acids is 2. The van der Waals surface area contributed by atoms with Crippen LogP contribution in [0.3, 0.4) is 0 Å². The second kappa shape index (κ2) is 2.76. The van der Waals surface area contributed by atoms with Gasteiger partial charge in [-0.15, -0.1) is 0 Å². The van der Waals surface area contributed by atoms with Gasteiger partial charge in [-0.2, -0.15) is 0 Å². The molecule has 16 heavy (non-hydrogen) atoms. The van der Waals surface area contributed by atoms with Gasteiger partial charge in [0.05, 0.1) is 11.8 Å². The fourth-order valence-electron chi connectivity index (χ4n) is 4.12. The van der Waals surface area contributed by atoms with Crippen LogP contribution in [0.15, 0.2) is 12.2 Å². The zero-order valence-electron chi connectivity index (χ0n) is 9.66. The Bertz CT molecular complexity index is 411. The Morgan fingerprint density at radius 3 is 2.69 bits per heavy atom. The molecule has 1 aliphatic heterocycles. The summed E-state index contributed by atoms with van der Waals surface area (Å²) in [4.78, 5) is 23.5. The molecule has 4 unspecified atom stereocenters. The summed E-state index contributed by atoms with van der Waals surface area (Å²) in [6, 6.07) is 0. The molecule has 0 aromatic heterocycles. The average Bonchev–Trinajstić information content (AvgIpc) is 2.76. The van der Waals surface area contributed by atoms with Gasteiger partial charge in [0.25, 0.3) is 0 Å². The van der Waals surface area contributed by atoms with Crippen molar-refractivity contribution in [1.82, 2.24) is 0 Å². The lowest BCUT2D eigenvalue weighted by Crippen LogP contribution is -2.32. The molecule has 86 valence electrons. The third-order valence-electron chi connectivity index (χ3n) is 4.59. The van der Waals surface area contributed by atoms with Crippen molar-refractivity contribution in [2.45, 2.75) is 33.1 Å². The minimum Gasteiger partial charge on any atom is -0.393 e. The maximum absolute atomic E-state index is 11.8. The Morgan fingerprint density at radius 1 is 1.31 bits per heavy atom. The number of cyclic esters (lactones) is 2. The van der Waals surface area contributed by atoms with Crippen LogP contribution in [-0.4, -0.2) is 11.9 Å². The van der Waals surface area contributed by atoms with Gasteiger partial charge < -0.3 is 4.74 Å². The molecule has 1 heterocycles. The topological polar surface area (TPSA) is 43.4 Å². The van der Waals surface area contributed by atoms with E-state index >= 15 is 0 Å². The number of fused-ring (bicyclic) bond motifs is 5. The number of hydrogen-bond donors (Lipinski definition) is 0. The first kappa shape index (κ1) is 10.1. The van der Waals surface area contributed by atoms with Gasteiger partial charge >= 0.3 is 11.9 Å². The van der Waals surface area contributed by atoms with E-state index in [-0.39, 0.29) is 34.6 Å². The summed E-state index contributed by atoms with van der Waals surface area (Å²) in [5.41, 5.74) is -0.250. The maximum atomic E-state index is 11.8. The van der Waals surface area contributed by atoms with E-state index in [0.717, 1.165) is 19.3 Å². The predicted molar refractivity (Wildman–Crippen MR) is 57.3 cm³/mol. The zero-order valence-corrected chi connectivity index (χ0v) is 9.66. The summed E-state index contributed by atoms with van der Waals surface area (Å²) in [6.45, 7) is 4.19. The lowest BCUT2D eigenvalue weighted by molar-refractivity contribution is -0.155. The number of allylic oxidation sites excluding steroid dienone is 2. The molecule has 2 fully saturated rings. The van der Waals surface area contributed by atoms with E-state index in [1.54, 1.807) is 0 Å². The van der Waals surface area contributed by atoms with Crippen molar-refractivity contribution in [1.29, 1.82) is 0 Å². The molecule has 0 aromatic carbocycles. The second-order valence-electron chi connectivity index (χ2n) is 5.69. The van der Waals surface area contributed by atoms with Gasteiger partial charge in [0.15, 0.2) is 0 Å². The largest absolute Gasteiger partial charge is 0.393 e. The van der Waals surface area contributed by atoms with Crippen LogP contribution in [-0.2, 0) is 14.3 Å². The van der Waals surface area contributed by atoms with Crippen LogP contribution in [0.4, 0.5) is 0 Å². The first-order chi connectivity index (χ1) is 7.52. The normalized spacial score (nSPS) is 48.6. The van der Waals surface area contributed by atoms with Crippen LogP contribution < -0.4 is 0 Å². The summed E-state index contributed by atoms with van der Waals surface area (Å²) >= 11 is 0. The summed E-state index contributed by atoms with van der Waals surface area (Å²) < 4.78 is 4.83. The van der Waals surface area contributed by atoms with Crippen LogP contribution in [0, 0.1) is 22.7 Å². The summed E-state index contributed by atoms with van der Waals surface area (Å²) in [5.74, 6) is -1.04. The molecule has 0 aromatic rings. The fourth-order valence-corrected chi connectivity index (χ4v) is 4.12. The molecule has 0 N–H and O–H groups in total. The standard InChI is InChI=1S/C13H16O3/c1-3-4-13-6-5-12(2,7-13)8-9(13)11(15)16-10(8)14/h5-6,8-9H,3-4,7H2,1-2H3. The number of esters is 2. The summed E-state index contributed by atoms with van der Waals surface area (Å²) in [7, 11) is 0. The third-order valence-corrected chi connectivity index (χ3v) is 4.59. The fraction of sp³-hybridized carbons (Fsp3) is 0.692. The van der Waals surface area contributed by atoms with Crippen molar-refractivity contribution in [3.8, 4) is 0 Å². The van der Waals surface area contributed by atoms with Gasteiger partial charge in [0.2, 0.25) is 0 Å². The lowest BCUT2D eigenvalue weighted by Gasteiger charge is -2.28. The van der Waals surface area contributed by atoms with Gasteiger partial charge in [0, 0.05) is 10.8 Å². The van der Waals surface area contributed by atoms with E-state index in [2.05, 4.69) is 26.0 Å². The van der Waals surface area contributed by atoms with Crippen LogP contribution in [0.2, 0.25) is 0 Å². The first-order valence-corrected chi connectivity index (χ1v) is 5.98. The highest BCUT2D eigenvalue weighted by Gasteiger charge is 2.69. The molecule has 1 saturated heterocycles. The Balaban J connectivity index is 2.09. The SMILES string of the molecule is CCCC12C=CC(C)(C1)C1C(=O)OC(=O)C12. The highest BCUT2D eigenvalue weighted by Crippen LogP contribution is 2.67. The van der Waals surface area contributed by atoms with Crippen molar-refractivity contribution in [3.63, 3.8) is 0 Å². The molecule has 1 saturated carbocycles. The highest BCUT2D eigenvalue weighted by molar-refractivity contribution is 5.99. The molecule has 2 aliphatic carbocycles. The summed E-state index contributed by atoms with van der Waals surface area (Å²) in [6.07, 6.45) is 7.24. The third kappa shape index (κ3) is 0.944. The summed E-state index contributed by atoms with van der Waals surface area (Å²) in [5, 5.41) is 0. The number of ether oxygens (including phenoxy) is 1. The van der Waals surface area contributed by atoms with E-state index < -0.39 is 0 Å². The number of hydrogen-bond acceptors (Lipinski definition) is 3. The predicted octanol–water partition coefficient (Wildman–Crippen LogP) is 2.07. The zero-order chi connectivity index (χ0) is 11.6. The van der Waals surface area contributed by atoms with Gasteiger partial charge in [-0.3, -0.25) is 9.59 Å². The maximum Gasteiger partial charge on any atom is 0.318 e. The second-order valence-corrected chi connectivity index (χ2v) is 5.69. The average molecular weight is 220 g/mol. The van der Waals surface area contributed by atoms with Gasteiger partial charge in [-0.25, -0.2) is 0 Å². The molecular weight excluding hydrogens is 204 g/mol. The lowest BCUT2D eigenvalue weighted by atomic mass is 9.71. The number of carbonyl (C=O) groups is 2. The van der Waals surface area contributed by atoms with E-state index in [1.165, 1.54) is 0 Å². The first-order valence-electron chi connectivity index (χ1n) is 5.98. The molecule has 3 nitrogen and oxygen atoms in total. The van der Waals surface area contributed by atoms with Crippen LogP contribution >= 0.6 is 0 Å². The molecule has 3 aliphatic rings. The van der Waals surface area contributed by atoms with Crippen molar-refractivity contribution in [3.05, 3.63) is 12.2 Å². The molecule has 0 spiro atoms. The van der Waals surface area contributed by atoms with Crippen molar-refractivity contribution >= 4 is 11.9 Å². The van der Waals surface area contributed by atoms with Gasteiger partial charge in [-0.1, -0.05) is 32.4 Å². The molecule has 4 atom stereocenters. The van der Waals surface area contributed by atoms with E-state index in [0.29, 0.717) is 0 Å². The number of rotatable bonds is 2. The minimum absolute atomic E-state index is 0.0998. The monoisotopic (exact) mass is 220 g/mol. The Kier molecular flexibility index (Phi) is 1.74. The van der Waals surface area contributed by atoms with Crippen LogP contribution in [0.1, 0.15) is 33.1 Å². The van der Waals surface area contributed by atoms with E-state index in [1.807, 2.05) is 0 Å². The minimum atomic E-state index is -0.306. The van der Waals surface area contributed by atoms with Crippen molar-refractivity contribution < 1.29 is 14.3 Å². The van der Waals surface area contributed by atoms with Crippen LogP contribution in [0.5, 0.6) is 0 Å². The van der Waals surface area contributed by atoms with Crippen molar-refractivity contribution in [2.24, 2.45) is 22.7 Å². The molecule has 3 rings (SSSR count). The smallest absolute Gasteiger partial charge is 0.318 e. The molecule has 0 radical (unpaired) electrons. The Morgan fingerprint density at radius 2 is 2.00 bits per heavy atom. The molecule has 2 bridgehead atoms. The highest BCUT2D eigenvalue weighted by atomic mass is 16.6. The Labute approximate surface area is 94.8 Å². The van der Waals surface area contributed by atoms with Gasteiger partial charge in [-0.05, 0) is 12.8 Å². The molecular formula is C13H16O3. The van der Waals surface area contributed by atoms with E-state index in [4.69, 9.17) is 4.74 Å². The molecule has 3 heteroatoms. The molecule has 0 amide bonds. The quantitative estimate of drug-likeness (QED) is 0.406. The van der Waals surface area contributed by atoms with Crippen LogP contribution in [0.25, 0.3) is 0 Å². The van der Waals surface area contributed by atoms with Gasteiger partial charge in [0.1, 0.15) is 0 Å².